The van der Waals surface area contributed by atoms with E-state index in [4.69, 9.17) is 22.4 Å². The third-order valence-corrected chi connectivity index (χ3v) is 7.00. The molecule has 0 aliphatic carbocycles. The van der Waals surface area contributed by atoms with Gasteiger partial charge in [-0.1, -0.05) is 29.8 Å². The fourth-order valence-electron chi connectivity index (χ4n) is 4.87. The highest BCUT2D eigenvalue weighted by molar-refractivity contribution is 6.33. The fourth-order valence-corrected chi connectivity index (χ4v) is 5.09. The lowest BCUT2D eigenvalue weighted by Gasteiger charge is -2.42. The molecule has 12 heteroatoms. The van der Waals surface area contributed by atoms with E-state index in [1.165, 1.54) is 6.33 Å². The number of anilines is 2. The van der Waals surface area contributed by atoms with Crippen LogP contribution in [-0.4, -0.2) is 45.6 Å². The van der Waals surface area contributed by atoms with Gasteiger partial charge in [-0.05, 0) is 24.6 Å². The average molecular weight is 511 g/mol. The van der Waals surface area contributed by atoms with Crippen LogP contribution < -0.4 is 16.2 Å². The second kappa shape index (κ2) is 8.14. The molecule has 6 heterocycles. The number of hydrogen-bond acceptors (Lipinski definition) is 8. The van der Waals surface area contributed by atoms with Gasteiger partial charge in [0.15, 0.2) is 5.82 Å². The summed E-state index contributed by atoms with van der Waals surface area (Å²) in [5.41, 5.74) is 8.85. The maximum atomic E-state index is 13.7. The zero-order valence-electron chi connectivity index (χ0n) is 19.3. The van der Waals surface area contributed by atoms with Gasteiger partial charge < -0.3 is 15.6 Å². The third kappa shape index (κ3) is 3.28. The van der Waals surface area contributed by atoms with Gasteiger partial charge in [-0.2, -0.15) is 5.10 Å². The first kappa shape index (κ1) is 21.5. The van der Waals surface area contributed by atoms with E-state index in [9.17, 15) is 4.79 Å². The van der Waals surface area contributed by atoms with E-state index >= 15 is 0 Å². The molecule has 1 atom stereocenters. The van der Waals surface area contributed by atoms with Gasteiger partial charge >= 0.3 is 0 Å². The Morgan fingerprint density at radius 2 is 1.86 bits per heavy atom. The quantitative estimate of drug-likeness (QED) is 0.368. The molecule has 182 valence electrons. The number of hydrogen-bond donors (Lipinski definition) is 2. The second-order valence-corrected chi connectivity index (χ2v) is 9.15. The van der Waals surface area contributed by atoms with Crippen LogP contribution in [0.3, 0.4) is 0 Å². The number of aromatic nitrogens is 8. The Labute approximate surface area is 214 Å². The van der Waals surface area contributed by atoms with Crippen molar-refractivity contribution >= 4 is 39.9 Å². The molecule has 5 aromatic heterocycles. The minimum absolute atomic E-state index is 0.202. The van der Waals surface area contributed by atoms with Crippen LogP contribution in [0.25, 0.3) is 33.4 Å². The van der Waals surface area contributed by atoms with Crippen molar-refractivity contribution < 1.29 is 0 Å². The van der Waals surface area contributed by atoms with Gasteiger partial charge in [0, 0.05) is 42.5 Å². The van der Waals surface area contributed by atoms with Crippen LogP contribution in [0.15, 0.2) is 72.3 Å². The molecule has 0 unspecified atom stereocenters. The summed E-state index contributed by atoms with van der Waals surface area (Å²) >= 11 is 6.36. The Morgan fingerprint density at radius 3 is 2.62 bits per heavy atom. The number of halogens is 1. The number of H-pyrrole nitrogens is 1. The van der Waals surface area contributed by atoms with Crippen molar-refractivity contribution in [3.63, 3.8) is 0 Å². The van der Waals surface area contributed by atoms with Crippen molar-refractivity contribution in [1.29, 1.82) is 0 Å². The van der Waals surface area contributed by atoms with Crippen LogP contribution >= 0.6 is 11.6 Å². The molecular weight excluding hydrogens is 492 g/mol. The van der Waals surface area contributed by atoms with Gasteiger partial charge in [-0.25, -0.2) is 24.5 Å². The number of nitrogens with two attached hydrogens (primary N) is 1. The molecular formula is C25H19ClN10O. The Balaban J connectivity index is 1.41. The Kier molecular flexibility index (Phi) is 4.73. The van der Waals surface area contributed by atoms with Crippen LogP contribution in [0.4, 0.5) is 11.8 Å². The van der Waals surface area contributed by atoms with E-state index < -0.39 is 0 Å². The van der Waals surface area contributed by atoms with E-state index in [2.05, 4.69) is 29.8 Å². The van der Waals surface area contributed by atoms with Crippen LogP contribution in [0.5, 0.6) is 0 Å². The zero-order valence-corrected chi connectivity index (χ0v) is 20.0. The van der Waals surface area contributed by atoms with Crippen LogP contribution in [0, 0.1) is 0 Å². The van der Waals surface area contributed by atoms with E-state index in [1.54, 1.807) is 33.7 Å². The minimum Gasteiger partial charge on any atom is -0.368 e. The molecule has 0 radical (unpaired) electrons. The number of nitrogens with one attached hydrogen (secondary N) is 1. The summed E-state index contributed by atoms with van der Waals surface area (Å²) in [5, 5.41) is 6.05. The summed E-state index contributed by atoms with van der Waals surface area (Å²) < 4.78 is 3.20. The number of nitrogen functional groups attached to an aromatic ring is 1. The van der Waals surface area contributed by atoms with Crippen LogP contribution in [-0.2, 0) is 0 Å². The molecule has 11 nitrogen and oxygen atoms in total. The highest BCUT2D eigenvalue weighted by atomic mass is 35.5. The van der Waals surface area contributed by atoms with Crippen LogP contribution in [0.2, 0.25) is 5.02 Å². The van der Waals surface area contributed by atoms with Crippen molar-refractivity contribution in [2.75, 3.05) is 17.2 Å². The van der Waals surface area contributed by atoms with E-state index in [1.807, 2.05) is 36.5 Å². The summed E-state index contributed by atoms with van der Waals surface area (Å²) in [6.45, 7) is 0.731. The highest BCUT2D eigenvalue weighted by Gasteiger charge is 2.37. The van der Waals surface area contributed by atoms with Crippen LogP contribution in [0.1, 0.15) is 18.3 Å². The summed E-state index contributed by atoms with van der Waals surface area (Å²) in [4.78, 5) is 36.4. The molecule has 0 spiro atoms. The number of para-hydroxylation sites is 1. The van der Waals surface area contributed by atoms with Crippen molar-refractivity contribution in [2.24, 2.45) is 0 Å². The number of rotatable bonds is 4. The van der Waals surface area contributed by atoms with Gasteiger partial charge in [-0.15, -0.1) is 0 Å². The van der Waals surface area contributed by atoms with E-state index in [0.29, 0.717) is 22.0 Å². The average Bonchev–Trinajstić information content (AvgIpc) is 3.49. The predicted octanol–water partition coefficient (Wildman–Crippen LogP) is 3.40. The molecule has 37 heavy (non-hydrogen) atoms. The lowest BCUT2D eigenvalue weighted by atomic mass is 10.00. The molecule has 0 bridgehead atoms. The Bertz CT molecular complexity index is 1840. The maximum Gasteiger partial charge on any atom is 0.284 e. The van der Waals surface area contributed by atoms with Gasteiger partial charge in [0.2, 0.25) is 5.95 Å². The van der Waals surface area contributed by atoms with Gasteiger partial charge in [0.1, 0.15) is 23.3 Å². The van der Waals surface area contributed by atoms with E-state index in [-0.39, 0.29) is 17.5 Å². The smallest absolute Gasteiger partial charge is 0.284 e. The Morgan fingerprint density at radius 1 is 1.05 bits per heavy atom. The summed E-state index contributed by atoms with van der Waals surface area (Å²) in [5.74, 6) is 1.53. The van der Waals surface area contributed by atoms with E-state index in [0.717, 1.165) is 41.0 Å². The third-order valence-electron chi connectivity index (χ3n) is 6.70. The Hall–Kier alpha value is -4.77. The van der Waals surface area contributed by atoms with Crippen molar-refractivity contribution in [3.05, 3.63) is 88.7 Å². The maximum absolute atomic E-state index is 13.7. The van der Waals surface area contributed by atoms with Crippen molar-refractivity contribution in [1.82, 2.24) is 39.1 Å². The molecule has 6 aromatic rings. The summed E-state index contributed by atoms with van der Waals surface area (Å²) in [7, 11) is 0. The molecule has 0 amide bonds. The van der Waals surface area contributed by atoms with Crippen molar-refractivity contribution in [2.45, 2.75) is 12.5 Å². The fraction of sp³-hybridized carbons (Fsp3) is 0.120. The lowest BCUT2D eigenvalue weighted by molar-refractivity contribution is 0.424. The van der Waals surface area contributed by atoms with Gasteiger partial charge in [0.25, 0.3) is 5.56 Å². The molecule has 1 aromatic carbocycles. The SMILES string of the molecule is Nc1ncc(-c2c[nH]c3ncnc(N4CC[C@H]4c4nn5ccc(Cl)c5c(=O)n4-c4ccccc4)c23)cn1. The topological polar surface area (TPSA) is 136 Å². The summed E-state index contributed by atoms with van der Waals surface area (Å²) in [6, 6.07) is 10.9. The molecule has 1 aliphatic heterocycles. The molecule has 1 fully saturated rings. The lowest BCUT2D eigenvalue weighted by Crippen LogP contribution is -2.45. The molecule has 1 saturated heterocycles. The van der Waals surface area contributed by atoms with Gasteiger partial charge in [-0.3, -0.25) is 9.36 Å². The number of benzene rings is 1. The van der Waals surface area contributed by atoms with Crippen molar-refractivity contribution in [3.8, 4) is 16.8 Å². The standard InChI is InChI=1S/C25H19ClN10O/c26-17-6-9-35-20(17)24(37)36(15-4-2-1-3-5-15)22(33-35)18-7-8-34(18)23-19-16(12-28-21(19)31-13-32-23)14-10-29-25(27)30-11-14/h1-6,9-13,18H,7-8H2,(H2,27,29,30)(H,28,31,32)/t18-/m0/s1. The number of nitrogens with zero attached hydrogens (tertiary/aromatic N) is 8. The summed E-state index contributed by atoms with van der Waals surface area (Å²) in [6.07, 6.45) is 9.23. The zero-order chi connectivity index (χ0) is 25.1. The normalized spacial score (nSPS) is 15.4. The van der Waals surface area contributed by atoms with Gasteiger partial charge in [0.05, 0.1) is 22.1 Å². The molecule has 0 saturated carbocycles. The monoisotopic (exact) mass is 510 g/mol. The first-order valence-corrected chi connectivity index (χ1v) is 12.0. The highest BCUT2D eigenvalue weighted by Crippen LogP contribution is 2.41. The first-order valence-electron chi connectivity index (χ1n) is 11.6. The predicted molar refractivity (Wildman–Crippen MR) is 140 cm³/mol. The number of aromatic amines is 1. The molecule has 7 rings (SSSR count). The number of fused-ring (bicyclic) bond motifs is 2. The minimum atomic E-state index is -0.229. The molecule has 3 N–H and O–H groups in total. The molecule has 1 aliphatic rings. The first-order chi connectivity index (χ1) is 18.1. The second-order valence-electron chi connectivity index (χ2n) is 8.74. The largest absolute Gasteiger partial charge is 0.368 e.